The van der Waals surface area contributed by atoms with Gasteiger partial charge in [0.2, 0.25) is 0 Å². The lowest BCUT2D eigenvalue weighted by Gasteiger charge is -2.43. The first kappa shape index (κ1) is 39.9. The van der Waals surface area contributed by atoms with Gasteiger partial charge in [0.25, 0.3) is 5.79 Å². The molecule has 50 heavy (non-hydrogen) atoms. The topological polar surface area (TPSA) is 30.9 Å². The molecule has 2 unspecified atom stereocenters. The van der Waals surface area contributed by atoms with Crippen molar-refractivity contribution in [3.63, 3.8) is 0 Å². The van der Waals surface area contributed by atoms with E-state index >= 15 is 0 Å². The Bertz CT molecular complexity index is 1580. The summed E-state index contributed by atoms with van der Waals surface area (Å²) < 4.78 is 62.0. The van der Waals surface area contributed by atoms with Gasteiger partial charge in [-0.15, -0.1) is 0 Å². The highest BCUT2D eigenvalue weighted by atomic mass is 35.5. The summed E-state index contributed by atoms with van der Waals surface area (Å²) in [4.78, 5) is 2.31. The van der Waals surface area contributed by atoms with E-state index in [1.54, 1.807) is 31.8 Å². The molecule has 4 aromatic carbocycles. The Hall–Kier alpha value is -2.85. The predicted molar refractivity (Wildman–Crippen MR) is 201 cm³/mol. The largest absolute Gasteiger partial charge is 0.484 e. The number of alkyl halides is 3. The van der Waals surface area contributed by atoms with Crippen LogP contribution in [0.25, 0.3) is 0 Å². The molecule has 0 aliphatic rings. The molecular formula is C40H48Cl2F3NO3Si. The second-order valence-corrected chi connectivity index (χ2v) is 19.2. The Morgan fingerprint density at radius 3 is 1.86 bits per heavy atom. The molecule has 4 rings (SSSR count). The van der Waals surface area contributed by atoms with Crippen LogP contribution < -0.4 is 4.74 Å². The molecule has 0 spiro atoms. The summed E-state index contributed by atoms with van der Waals surface area (Å²) >= 11 is 12.3. The van der Waals surface area contributed by atoms with E-state index in [9.17, 15) is 13.2 Å². The van der Waals surface area contributed by atoms with Crippen LogP contribution in [0, 0.1) is 6.92 Å². The minimum atomic E-state index is -4.83. The van der Waals surface area contributed by atoms with Crippen LogP contribution >= 0.6 is 23.2 Å². The maximum atomic E-state index is 14.9. The molecule has 0 aliphatic carbocycles. The first-order chi connectivity index (χ1) is 23.6. The number of methoxy groups -OCH3 is 1. The number of rotatable bonds is 17. The van der Waals surface area contributed by atoms with Crippen molar-refractivity contribution in [3.05, 3.63) is 135 Å². The highest BCUT2D eigenvalue weighted by Crippen LogP contribution is 2.42. The van der Waals surface area contributed by atoms with Gasteiger partial charge in [0.1, 0.15) is 5.75 Å². The van der Waals surface area contributed by atoms with Gasteiger partial charge in [-0.05, 0) is 124 Å². The van der Waals surface area contributed by atoms with E-state index in [1.165, 1.54) is 11.1 Å². The molecule has 0 amide bonds. The molecule has 0 N–H and O–H groups in total. The summed E-state index contributed by atoms with van der Waals surface area (Å²) in [5.74, 6) is -2.44. The molecule has 0 aromatic heterocycles. The summed E-state index contributed by atoms with van der Waals surface area (Å²) in [5, 5.41) is 1.40. The van der Waals surface area contributed by atoms with Gasteiger partial charge in [0.05, 0.1) is 0 Å². The second-order valence-electron chi connectivity index (χ2n) is 13.9. The zero-order valence-electron chi connectivity index (χ0n) is 29.7. The third kappa shape index (κ3) is 11.3. The van der Waals surface area contributed by atoms with E-state index in [1.807, 2.05) is 67.6 Å². The van der Waals surface area contributed by atoms with Gasteiger partial charge in [-0.25, -0.2) is 0 Å². The third-order valence-corrected chi connectivity index (χ3v) is 10.0. The lowest BCUT2D eigenvalue weighted by atomic mass is 9.91. The molecule has 0 bridgehead atoms. The number of benzene rings is 4. The van der Waals surface area contributed by atoms with E-state index < -0.39 is 26.4 Å². The maximum Gasteiger partial charge on any atom is 0.446 e. The van der Waals surface area contributed by atoms with E-state index in [0.29, 0.717) is 22.2 Å². The molecular weight excluding hydrogens is 698 g/mol. The first-order valence-electron chi connectivity index (χ1n) is 16.9. The van der Waals surface area contributed by atoms with Gasteiger partial charge in [-0.1, -0.05) is 89.4 Å². The number of hydrogen-bond donors (Lipinski definition) is 0. The van der Waals surface area contributed by atoms with Crippen molar-refractivity contribution in [2.24, 2.45) is 0 Å². The van der Waals surface area contributed by atoms with Crippen LogP contribution in [0.2, 0.25) is 29.7 Å². The maximum absolute atomic E-state index is 14.9. The van der Waals surface area contributed by atoms with Crippen molar-refractivity contribution in [2.45, 2.75) is 76.2 Å². The average Bonchev–Trinajstić information content (AvgIpc) is 3.05. The number of hydrogen-bond acceptors (Lipinski definition) is 4. The smallest absolute Gasteiger partial charge is 0.446 e. The number of halogens is 5. The van der Waals surface area contributed by atoms with E-state index in [4.69, 9.17) is 37.1 Å². The summed E-state index contributed by atoms with van der Waals surface area (Å²) in [6, 6.07) is 31.0. The molecule has 0 fully saturated rings. The number of nitrogens with zero attached hydrogens (tertiary/aromatic N) is 1. The highest BCUT2D eigenvalue weighted by Gasteiger charge is 2.64. The second kappa shape index (κ2) is 17.6. The first-order valence-corrected chi connectivity index (χ1v) is 21.1. The van der Waals surface area contributed by atoms with Gasteiger partial charge in [0, 0.05) is 29.6 Å². The monoisotopic (exact) mass is 745 g/mol. The third-order valence-electron chi connectivity index (χ3n) is 8.60. The Balaban J connectivity index is 1.44. The van der Waals surface area contributed by atoms with Crippen molar-refractivity contribution in [2.75, 3.05) is 27.2 Å². The Morgan fingerprint density at radius 2 is 1.36 bits per heavy atom. The summed E-state index contributed by atoms with van der Waals surface area (Å²) in [6.45, 7) is 8.76. The minimum absolute atomic E-state index is 0.0441. The molecule has 0 saturated carbocycles. The highest BCUT2D eigenvalue weighted by molar-refractivity contribution is 6.69. The van der Waals surface area contributed by atoms with Crippen LogP contribution in [-0.2, 0) is 22.0 Å². The zero-order valence-corrected chi connectivity index (χ0v) is 32.2. The number of likely N-dealkylation sites (N-methyl/N-ethyl adjacent to an activating group) is 1. The Morgan fingerprint density at radius 1 is 0.780 bits per heavy atom. The van der Waals surface area contributed by atoms with Crippen LogP contribution in [0.5, 0.6) is 5.75 Å². The van der Waals surface area contributed by atoms with Gasteiger partial charge < -0.3 is 18.8 Å². The van der Waals surface area contributed by atoms with Crippen LogP contribution in [0.1, 0.15) is 46.6 Å². The SMILES string of the molecule is COC(O[Si](C)(C)C)(C(CCc1cccc(C)c1)Oc1ccc(CCCN(C)CC(c2ccc(Cl)cc2)c2ccc(Cl)cc2)cc1)C(F)(F)F. The molecule has 4 aromatic rings. The molecule has 2 atom stereocenters. The summed E-state index contributed by atoms with van der Waals surface area (Å²) in [6.07, 6.45) is -4.15. The molecule has 0 heterocycles. The fourth-order valence-electron chi connectivity index (χ4n) is 6.19. The number of ether oxygens (including phenoxy) is 2. The lowest BCUT2D eigenvalue weighted by Crippen LogP contribution is -2.63. The summed E-state index contributed by atoms with van der Waals surface area (Å²) in [7, 11) is 0.407. The van der Waals surface area contributed by atoms with Crippen molar-refractivity contribution < 1.29 is 27.1 Å². The minimum Gasteiger partial charge on any atom is -0.484 e. The quantitative estimate of drug-likeness (QED) is 0.0795. The van der Waals surface area contributed by atoms with E-state index in [-0.39, 0.29) is 12.3 Å². The van der Waals surface area contributed by atoms with Crippen molar-refractivity contribution in [3.8, 4) is 5.75 Å². The van der Waals surface area contributed by atoms with Gasteiger partial charge >= 0.3 is 6.18 Å². The lowest BCUT2D eigenvalue weighted by molar-refractivity contribution is -0.374. The Kier molecular flexibility index (Phi) is 14.0. The molecule has 4 nitrogen and oxygen atoms in total. The number of aryl methyl sites for hydroxylation is 3. The Labute approximate surface area is 306 Å². The van der Waals surface area contributed by atoms with Gasteiger partial charge in [0.15, 0.2) is 14.4 Å². The van der Waals surface area contributed by atoms with E-state index in [2.05, 4.69) is 36.2 Å². The van der Waals surface area contributed by atoms with Crippen LogP contribution in [0.3, 0.4) is 0 Å². The van der Waals surface area contributed by atoms with Gasteiger partial charge in [-0.3, -0.25) is 0 Å². The van der Waals surface area contributed by atoms with E-state index in [0.717, 1.165) is 49.7 Å². The molecule has 10 heteroatoms. The van der Waals surface area contributed by atoms with Crippen molar-refractivity contribution >= 4 is 31.5 Å². The fourth-order valence-corrected chi connectivity index (χ4v) is 7.68. The molecule has 0 aliphatic heterocycles. The molecule has 0 saturated heterocycles. The molecule has 0 radical (unpaired) electrons. The predicted octanol–water partition coefficient (Wildman–Crippen LogP) is 11.1. The van der Waals surface area contributed by atoms with Crippen LogP contribution in [0.15, 0.2) is 97.1 Å². The fraction of sp³-hybridized carbons (Fsp3) is 0.400. The van der Waals surface area contributed by atoms with Crippen molar-refractivity contribution in [1.82, 2.24) is 4.90 Å². The standard InChI is InChI=1S/C40H48Cl2F3NO3Si/c1-29-9-7-10-31(27-29)14-25-38(39(47-3,40(43,44)45)49-50(4,5)6)48-36-23-12-30(13-24-36)11-8-26-46(2)28-37(32-15-19-34(41)20-16-32)33-17-21-35(42)22-18-33/h7,9-10,12-13,15-24,27,37-38H,8,11,14,25-26,28H2,1-6H3. The van der Waals surface area contributed by atoms with Crippen LogP contribution in [-0.4, -0.2) is 58.5 Å². The average molecular weight is 747 g/mol. The van der Waals surface area contributed by atoms with Crippen LogP contribution in [0.4, 0.5) is 13.2 Å². The molecule has 270 valence electrons. The van der Waals surface area contributed by atoms with Gasteiger partial charge in [-0.2, -0.15) is 13.2 Å². The summed E-state index contributed by atoms with van der Waals surface area (Å²) in [5.41, 5.74) is 5.38. The van der Waals surface area contributed by atoms with Crippen molar-refractivity contribution in [1.29, 1.82) is 0 Å². The normalized spacial score (nSPS) is 14.2. The zero-order chi connectivity index (χ0) is 36.5.